The molecule has 0 bridgehead atoms. The quantitative estimate of drug-likeness (QED) is 0.547. The molecule has 1 aliphatic heterocycles. The summed E-state index contributed by atoms with van der Waals surface area (Å²) in [6.07, 6.45) is 0.609. The molecule has 23 heavy (non-hydrogen) atoms. The summed E-state index contributed by atoms with van der Waals surface area (Å²) in [7, 11) is -3.30. The molecule has 4 rings (SSSR count). The maximum Gasteiger partial charge on any atom is 0.309 e. The summed E-state index contributed by atoms with van der Waals surface area (Å²) in [5.41, 5.74) is 2.13. The molecule has 6 heteroatoms. The maximum absolute atomic E-state index is 11.1. The van der Waals surface area contributed by atoms with E-state index in [1.165, 1.54) is 0 Å². The number of ketones is 2. The number of rotatable bonds is 0. The molecule has 0 radical (unpaired) electrons. The van der Waals surface area contributed by atoms with Gasteiger partial charge in [-0.25, -0.2) is 0 Å². The zero-order chi connectivity index (χ0) is 16.4. The summed E-state index contributed by atoms with van der Waals surface area (Å²) >= 11 is 0. The highest BCUT2D eigenvalue weighted by atomic mass is 32.2. The first-order valence-corrected chi connectivity index (χ1v) is 8.69. The second kappa shape index (κ2) is 5.96. The summed E-state index contributed by atoms with van der Waals surface area (Å²) < 4.78 is 26.8. The molecule has 118 valence electrons. The highest BCUT2D eigenvalue weighted by molar-refractivity contribution is 7.87. The van der Waals surface area contributed by atoms with Crippen LogP contribution in [-0.2, 0) is 16.5 Å². The standard InChI is InChI=1S/C9H6O2.C8H8O3S/c10-8-5-9(11)7-4-2-1-3-6(7)8;9-12(10)6-5-7-3-1-2-4-8(7)11-12/h1-4H,5H2;1-4H,5-6H2. The monoisotopic (exact) mass is 330 g/mol. The van der Waals surface area contributed by atoms with Crippen LogP contribution in [0.2, 0.25) is 0 Å². The molecule has 0 saturated heterocycles. The lowest BCUT2D eigenvalue weighted by molar-refractivity contribution is 0.0923. The number of carbonyl (C=O) groups excluding carboxylic acids is 2. The van der Waals surface area contributed by atoms with Gasteiger partial charge in [-0.05, 0) is 18.1 Å². The third-order valence-electron chi connectivity index (χ3n) is 3.66. The molecule has 1 heterocycles. The van der Waals surface area contributed by atoms with Gasteiger partial charge < -0.3 is 4.18 Å². The predicted octanol–water partition coefficient (Wildman–Crippen LogP) is 2.41. The van der Waals surface area contributed by atoms with Crippen molar-refractivity contribution in [2.45, 2.75) is 12.8 Å². The fraction of sp³-hybridized carbons (Fsp3) is 0.176. The van der Waals surface area contributed by atoms with E-state index < -0.39 is 10.1 Å². The second-order valence-electron chi connectivity index (χ2n) is 5.27. The van der Waals surface area contributed by atoms with E-state index in [-0.39, 0.29) is 23.7 Å². The Morgan fingerprint density at radius 2 is 1.39 bits per heavy atom. The molecular formula is C17H14O5S. The van der Waals surface area contributed by atoms with E-state index in [4.69, 9.17) is 4.18 Å². The van der Waals surface area contributed by atoms with Crippen LogP contribution in [0, 0.1) is 0 Å². The molecule has 2 aromatic carbocycles. The van der Waals surface area contributed by atoms with Crippen LogP contribution >= 0.6 is 0 Å². The number of carbonyl (C=O) groups is 2. The normalized spacial score (nSPS) is 17.4. The van der Waals surface area contributed by atoms with E-state index in [1.54, 1.807) is 36.4 Å². The first-order valence-electron chi connectivity index (χ1n) is 7.12. The Morgan fingerprint density at radius 3 is 2.04 bits per heavy atom. The van der Waals surface area contributed by atoms with Gasteiger partial charge in [0.25, 0.3) is 0 Å². The van der Waals surface area contributed by atoms with E-state index >= 15 is 0 Å². The molecule has 2 aromatic rings. The van der Waals surface area contributed by atoms with Crippen LogP contribution < -0.4 is 4.18 Å². The second-order valence-corrected chi connectivity index (χ2v) is 6.96. The highest BCUT2D eigenvalue weighted by Gasteiger charge is 2.25. The molecule has 5 nitrogen and oxygen atoms in total. The van der Waals surface area contributed by atoms with Crippen molar-refractivity contribution in [3.8, 4) is 5.75 Å². The van der Waals surface area contributed by atoms with Crippen LogP contribution in [0.25, 0.3) is 0 Å². The van der Waals surface area contributed by atoms with Crippen molar-refractivity contribution < 1.29 is 22.2 Å². The third-order valence-corrected chi connectivity index (χ3v) is 4.80. The van der Waals surface area contributed by atoms with E-state index in [1.807, 2.05) is 12.1 Å². The number of benzene rings is 2. The van der Waals surface area contributed by atoms with Crippen molar-refractivity contribution in [1.82, 2.24) is 0 Å². The van der Waals surface area contributed by atoms with Gasteiger partial charge in [0.05, 0.1) is 12.2 Å². The summed E-state index contributed by atoms with van der Waals surface area (Å²) in [5.74, 6) is 0.462. The zero-order valence-electron chi connectivity index (χ0n) is 12.2. The summed E-state index contributed by atoms with van der Waals surface area (Å²) in [4.78, 5) is 22.1. The van der Waals surface area contributed by atoms with Crippen LogP contribution in [-0.4, -0.2) is 25.7 Å². The Hall–Kier alpha value is -2.47. The molecule has 0 fully saturated rings. The Morgan fingerprint density at radius 1 is 0.826 bits per heavy atom. The lowest BCUT2D eigenvalue weighted by atomic mass is 10.1. The SMILES string of the molecule is O=C1CC(=O)c2ccccc21.O=S1(=O)CCc2ccccc2O1. The Kier molecular flexibility index (Phi) is 4.00. The van der Waals surface area contributed by atoms with Crippen LogP contribution in [0.3, 0.4) is 0 Å². The lowest BCUT2D eigenvalue weighted by Gasteiger charge is -2.15. The molecule has 0 aromatic heterocycles. The Labute approximate surface area is 134 Å². The lowest BCUT2D eigenvalue weighted by Crippen LogP contribution is -2.21. The minimum Gasteiger partial charge on any atom is -0.382 e. The average molecular weight is 330 g/mol. The molecule has 0 amide bonds. The minimum atomic E-state index is -3.30. The number of para-hydroxylation sites is 1. The Bertz CT molecular complexity index is 850. The molecule has 0 atom stereocenters. The van der Waals surface area contributed by atoms with Gasteiger partial charge in [0.1, 0.15) is 5.75 Å². The molecule has 2 aliphatic rings. The van der Waals surface area contributed by atoms with E-state index in [0.29, 0.717) is 23.3 Å². The van der Waals surface area contributed by atoms with E-state index in [2.05, 4.69) is 0 Å². The topological polar surface area (TPSA) is 77.5 Å². The largest absolute Gasteiger partial charge is 0.382 e. The van der Waals surface area contributed by atoms with Crippen molar-refractivity contribution in [1.29, 1.82) is 0 Å². The van der Waals surface area contributed by atoms with Gasteiger partial charge in [-0.3, -0.25) is 9.59 Å². The maximum atomic E-state index is 11.1. The van der Waals surface area contributed by atoms with Gasteiger partial charge in [0.2, 0.25) is 0 Å². The fourth-order valence-corrected chi connectivity index (χ4v) is 3.50. The summed E-state index contributed by atoms with van der Waals surface area (Å²) in [5, 5.41) is 0. The van der Waals surface area contributed by atoms with Crippen LogP contribution in [0.1, 0.15) is 32.7 Å². The van der Waals surface area contributed by atoms with Crippen LogP contribution in [0.5, 0.6) is 5.75 Å². The number of aryl methyl sites for hydroxylation is 1. The molecule has 0 spiro atoms. The summed E-state index contributed by atoms with van der Waals surface area (Å²) in [6.45, 7) is 0. The van der Waals surface area contributed by atoms with Gasteiger partial charge in [-0.1, -0.05) is 42.5 Å². The average Bonchev–Trinajstić information content (AvgIpc) is 2.82. The minimum absolute atomic E-state index is 0.0504. The molecule has 0 unspecified atom stereocenters. The number of hydrogen-bond acceptors (Lipinski definition) is 5. The number of Topliss-reactive ketones (excluding diaryl/α,β-unsaturated/α-hetero) is 2. The van der Waals surface area contributed by atoms with Gasteiger partial charge in [-0.2, -0.15) is 8.42 Å². The van der Waals surface area contributed by atoms with Gasteiger partial charge >= 0.3 is 10.1 Å². The van der Waals surface area contributed by atoms with Crippen molar-refractivity contribution in [3.63, 3.8) is 0 Å². The van der Waals surface area contributed by atoms with Crippen LogP contribution in [0.4, 0.5) is 0 Å². The Balaban J connectivity index is 0.000000136. The number of fused-ring (bicyclic) bond motifs is 2. The first-order chi connectivity index (χ1) is 11.0. The van der Waals surface area contributed by atoms with Gasteiger partial charge in [0.15, 0.2) is 11.6 Å². The third kappa shape index (κ3) is 3.32. The van der Waals surface area contributed by atoms with Crippen molar-refractivity contribution in [2.75, 3.05) is 5.75 Å². The first kappa shape index (κ1) is 15.4. The summed E-state index contributed by atoms with van der Waals surface area (Å²) in [6, 6.07) is 14.1. The molecule has 1 aliphatic carbocycles. The zero-order valence-corrected chi connectivity index (χ0v) is 13.0. The molecular weight excluding hydrogens is 316 g/mol. The predicted molar refractivity (Wildman–Crippen MR) is 84.3 cm³/mol. The fourth-order valence-electron chi connectivity index (χ4n) is 2.51. The van der Waals surface area contributed by atoms with E-state index in [0.717, 1.165) is 5.56 Å². The number of hydrogen-bond donors (Lipinski definition) is 0. The molecule has 0 N–H and O–H groups in total. The van der Waals surface area contributed by atoms with Crippen molar-refractivity contribution in [3.05, 3.63) is 65.2 Å². The molecule has 0 saturated carbocycles. The van der Waals surface area contributed by atoms with E-state index in [9.17, 15) is 18.0 Å². The van der Waals surface area contributed by atoms with Crippen LogP contribution in [0.15, 0.2) is 48.5 Å². The highest BCUT2D eigenvalue weighted by Crippen LogP contribution is 2.25. The smallest absolute Gasteiger partial charge is 0.309 e. The van der Waals surface area contributed by atoms with Gasteiger partial charge in [0, 0.05) is 11.1 Å². The van der Waals surface area contributed by atoms with Crippen molar-refractivity contribution >= 4 is 21.7 Å². The van der Waals surface area contributed by atoms with Crippen molar-refractivity contribution in [2.24, 2.45) is 0 Å². The van der Waals surface area contributed by atoms with Gasteiger partial charge in [-0.15, -0.1) is 0 Å².